The third-order valence-corrected chi connectivity index (χ3v) is 3.15. The van der Waals surface area contributed by atoms with Crippen LogP contribution >= 0.6 is 0 Å². The van der Waals surface area contributed by atoms with Gasteiger partial charge in [-0.3, -0.25) is 0 Å². The Kier molecular flexibility index (Phi) is 4.20. The average Bonchev–Trinajstić information content (AvgIpc) is 2.78. The molecule has 0 amide bonds. The highest BCUT2D eigenvalue weighted by Crippen LogP contribution is 2.18. The van der Waals surface area contributed by atoms with E-state index in [1.807, 2.05) is 6.92 Å². The quantitative estimate of drug-likeness (QED) is 0.880. The monoisotopic (exact) mass is 277 g/mol. The number of furan rings is 1. The van der Waals surface area contributed by atoms with Crippen molar-refractivity contribution in [2.45, 2.75) is 26.4 Å². The first-order valence-corrected chi connectivity index (χ1v) is 6.29. The van der Waals surface area contributed by atoms with Crippen LogP contribution in [0.3, 0.4) is 0 Å². The number of nitrogens with one attached hydrogen (secondary N) is 1. The van der Waals surface area contributed by atoms with Crippen LogP contribution in [0.4, 0.5) is 4.39 Å². The van der Waals surface area contributed by atoms with E-state index in [2.05, 4.69) is 5.32 Å². The Morgan fingerprint density at radius 2 is 2.15 bits per heavy atom. The molecular formula is C15H16FNO3. The fraction of sp³-hybridized carbons (Fsp3) is 0.267. The van der Waals surface area contributed by atoms with Crippen molar-refractivity contribution in [1.29, 1.82) is 0 Å². The lowest BCUT2D eigenvalue weighted by atomic mass is 10.1. The highest BCUT2D eigenvalue weighted by molar-refractivity contribution is 5.88. The summed E-state index contributed by atoms with van der Waals surface area (Å²) in [5, 5.41) is 12.0. The fourth-order valence-corrected chi connectivity index (χ4v) is 2.03. The Morgan fingerprint density at radius 1 is 1.45 bits per heavy atom. The van der Waals surface area contributed by atoms with Crippen molar-refractivity contribution in [1.82, 2.24) is 5.32 Å². The summed E-state index contributed by atoms with van der Waals surface area (Å²) in [6.07, 6.45) is 0. The summed E-state index contributed by atoms with van der Waals surface area (Å²) in [7, 11) is 0. The van der Waals surface area contributed by atoms with Gasteiger partial charge in [-0.1, -0.05) is 18.2 Å². The van der Waals surface area contributed by atoms with Crippen molar-refractivity contribution in [3.8, 4) is 0 Å². The molecule has 0 bridgehead atoms. The molecule has 0 saturated carbocycles. The van der Waals surface area contributed by atoms with Gasteiger partial charge in [0.15, 0.2) is 0 Å². The zero-order valence-electron chi connectivity index (χ0n) is 11.3. The molecular weight excluding hydrogens is 261 g/mol. The summed E-state index contributed by atoms with van der Waals surface area (Å²) in [5.74, 6) is -0.398. The topological polar surface area (TPSA) is 62.5 Å². The minimum Gasteiger partial charge on any atom is -0.478 e. The second-order valence-electron chi connectivity index (χ2n) is 4.61. The second kappa shape index (κ2) is 5.88. The van der Waals surface area contributed by atoms with Crippen LogP contribution in [0.5, 0.6) is 0 Å². The van der Waals surface area contributed by atoms with Gasteiger partial charge in [-0.15, -0.1) is 0 Å². The Hall–Kier alpha value is -2.14. The zero-order chi connectivity index (χ0) is 14.7. The van der Waals surface area contributed by atoms with Crippen LogP contribution in [-0.4, -0.2) is 11.1 Å². The van der Waals surface area contributed by atoms with Crippen molar-refractivity contribution >= 4 is 5.97 Å². The molecule has 1 aromatic heterocycles. The largest absolute Gasteiger partial charge is 0.478 e. The lowest BCUT2D eigenvalue weighted by molar-refractivity contribution is 0.0695. The third kappa shape index (κ3) is 3.05. The van der Waals surface area contributed by atoms with E-state index in [1.54, 1.807) is 25.1 Å². The van der Waals surface area contributed by atoms with E-state index < -0.39 is 5.97 Å². The molecule has 0 aliphatic heterocycles. The van der Waals surface area contributed by atoms with E-state index in [0.717, 1.165) is 0 Å². The second-order valence-corrected chi connectivity index (χ2v) is 4.61. The van der Waals surface area contributed by atoms with Crippen molar-refractivity contribution in [3.63, 3.8) is 0 Å². The summed E-state index contributed by atoms with van der Waals surface area (Å²) >= 11 is 0. The van der Waals surface area contributed by atoms with Gasteiger partial charge in [0.25, 0.3) is 0 Å². The van der Waals surface area contributed by atoms with Crippen LogP contribution in [0.2, 0.25) is 0 Å². The Labute approximate surface area is 116 Å². The number of benzene rings is 1. The molecule has 4 nitrogen and oxygen atoms in total. The van der Waals surface area contributed by atoms with E-state index in [4.69, 9.17) is 9.52 Å². The van der Waals surface area contributed by atoms with Gasteiger partial charge < -0.3 is 14.8 Å². The minimum atomic E-state index is -1.01. The molecule has 0 saturated heterocycles. The number of aromatic carboxylic acids is 1. The first-order valence-electron chi connectivity index (χ1n) is 6.29. The molecule has 0 aliphatic carbocycles. The standard InChI is InChI=1S/C15H16FNO3/c1-9(12-5-3-4-6-14(12)16)17-8-11-7-13(15(18)19)10(2)20-11/h3-7,9,17H,8H2,1-2H3,(H,18,19). The average molecular weight is 277 g/mol. The third-order valence-electron chi connectivity index (χ3n) is 3.15. The van der Waals surface area contributed by atoms with Gasteiger partial charge in [0, 0.05) is 11.6 Å². The van der Waals surface area contributed by atoms with Crippen LogP contribution < -0.4 is 5.32 Å². The smallest absolute Gasteiger partial charge is 0.339 e. The maximum atomic E-state index is 13.6. The van der Waals surface area contributed by atoms with Gasteiger partial charge in [-0.2, -0.15) is 0 Å². The summed E-state index contributed by atoms with van der Waals surface area (Å²) in [5.41, 5.74) is 0.717. The number of hydrogen-bond donors (Lipinski definition) is 2. The molecule has 1 atom stereocenters. The van der Waals surface area contributed by atoms with E-state index in [-0.39, 0.29) is 17.4 Å². The summed E-state index contributed by atoms with van der Waals surface area (Å²) in [6.45, 7) is 3.78. The van der Waals surface area contributed by atoms with Crippen LogP contribution in [-0.2, 0) is 6.54 Å². The maximum Gasteiger partial charge on any atom is 0.339 e. The van der Waals surface area contributed by atoms with Crippen molar-refractivity contribution in [2.75, 3.05) is 0 Å². The maximum absolute atomic E-state index is 13.6. The SMILES string of the molecule is Cc1oc(CNC(C)c2ccccc2F)cc1C(=O)O. The molecule has 2 aromatic rings. The van der Waals surface area contributed by atoms with Crippen LogP contribution in [0.15, 0.2) is 34.7 Å². The fourth-order valence-electron chi connectivity index (χ4n) is 2.03. The summed E-state index contributed by atoms with van der Waals surface area (Å²) < 4.78 is 19.0. The van der Waals surface area contributed by atoms with Crippen LogP contribution in [0, 0.1) is 12.7 Å². The van der Waals surface area contributed by atoms with E-state index in [9.17, 15) is 9.18 Å². The van der Waals surface area contributed by atoms with Crippen molar-refractivity contribution in [2.24, 2.45) is 0 Å². The minimum absolute atomic E-state index is 0.153. The van der Waals surface area contributed by atoms with E-state index >= 15 is 0 Å². The number of rotatable bonds is 5. The number of hydrogen-bond acceptors (Lipinski definition) is 3. The van der Waals surface area contributed by atoms with Gasteiger partial charge in [-0.05, 0) is 26.0 Å². The molecule has 20 heavy (non-hydrogen) atoms. The molecule has 2 N–H and O–H groups in total. The van der Waals surface area contributed by atoms with Crippen LogP contribution in [0.25, 0.3) is 0 Å². The number of carbonyl (C=O) groups is 1. The number of aryl methyl sites for hydroxylation is 1. The first-order chi connectivity index (χ1) is 9.49. The highest BCUT2D eigenvalue weighted by atomic mass is 19.1. The summed E-state index contributed by atoms with van der Waals surface area (Å²) in [6, 6.07) is 7.82. The zero-order valence-corrected chi connectivity index (χ0v) is 11.3. The molecule has 1 unspecified atom stereocenters. The predicted molar refractivity (Wildman–Crippen MR) is 72.1 cm³/mol. The van der Waals surface area contributed by atoms with Gasteiger partial charge in [-0.25, -0.2) is 9.18 Å². The van der Waals surface area contributed by atoms with E-state index in [0.29, 0.717) is 23.6 Å². The molecule has 5 heteroatoms. The Balaban J connectivity index is 2.04. The van der Waals surface area contributed by atoms with Crippen LogP contribution in [0.1, 0.15) is 40.4 Å². The molecule has 0 radical (unpaired) electrons. The molecule has 0 aliphatic rings. The van der Waals surface area contributed by atoms with Crippen molar-refractivity contribution < 1.29 is 18.7 Å². The molecule has 1 aromatic carbocycles. The van der Waals surface area contributed by atoms with Crippen molar-refractivity contribution in [3.05, 3.63) is 58.8 Å². The molecule has 106 valence electrons. The molecule has 0 fully saturated rings. The van der Waals surface area contributed by atoms with Gasteiger partial charge >= 0.3 is 5.97 Å². The first kappa shape index (κ1) is 14.3. The number of carboxylic acid groups (broad SMARTS) is 1. The lowest BCUT2D eigenvalue weighted by Gasteiger charge is -2.13. The molecule has 1 heterocycles. The number of carboxylic acids is 1. The lowest BCUT2D eigenvalue weighted by Crippen LogP contribution is -2.18. The highest BCUT2D eigenvalue weighted by Gasteiger charge is 2.15. The Bertz CT molecular complexity index is 621. The number of halogens is 1. The Morgan fingerprint density at radius 3 is 2.75 bits per heavy atom. The molecule has 2 rings (SSSR count). The normalized spacial score (nSPS) is 12.3. The van der Waals surface area contributed by atoms with Gasteiger partial charge in [0.2, 0.25) is 0 Å². The molecule has 0 spiro atoms. The van der Waals surface area contributed by atoms with Gasteiger partial charge in [0.05, 0.1) is 6.54 Å². The summed E-state index contributed by atoms with van der Waals surface area (Å²) in [4.78, 5) is 10.9. The predicted octanol–water partition coefficient (Wildman–Crippen LogP) is 3.28. The van der Waals surface area contributed by atoms with Gasteiger partial charge in [0.1, 0.15) is 22.9 Å². The van der Waals surface area contributed by atoms with E-state index in [1.165, 1.54) is 12.1 Å².